The predicted molar refractivity (Wildman–Crippen MR) is 191 cm³/mol. The molecule has 0 aliphatic rings. The van der Waals surface area contributed by atoms with Crippen molar-refractivity contribution in [3.63, 3.8) is 0 Å². The highest BCUT2D eigenvalue weighted by atomic mass is 16.4. The van der Waals surface area contributed by atoms with Crippen LogP contribution in [0.3, 0.4) is 0 Å². The van der Waals surface area contributed by atoms with Gasteiger partial charge in [0, 0.05) is 12.1 Å². The normalized spacial score (nSPS) is 13.4. The Bertz CT molecular complexity index is 1480. The SMILES string of the molecule is CC(C)C[C@@H](NC(=O)[C@@H](Cc1ccccc1)NC(=O)[C@H](N)Cc1ccccc1)C(=O)N[C@H](CCCCN)C(=O)Nc1ccc(B(O)O)cc1. The number of anilines is 1. The van der Waals surface area contributed by atoms with E-state index in [1.165, 1.54) is 24.3 Å². The van der Waals surface area contributed by atoms with Crippen LogP contribution in [0.25, 0.3) is 0 Å². The molecule has 13 heteroatoms. The van der Waals surface area contributed by atoms with Crippen molar-refractivity contribution in [2.24, 2.45) is 17.4 Å². The molecule has 12 nitrogen and oxygen atoms in total. The van der Waals surface area contributed by atoms with Gasteiger partial charge >= 0.3 is 7.12 Å². The third kappa shape index (κ3) is 13.5. The number of benzene rings is 3. The molecule has 0 saturated heterocycles. The van der Waals surface area contributed by atoms with Crippen molar-refractivity contribution in [2.75, 3.05) is 11.9 Å². The molecule has 3 rings (SSSR count). The number of unbranched alkanes of at least 4 members (excludes halogenated alkanes) is 1. The van der Waals surface area contributed by atoms with E-state index >= 15 is 0 Å². The van der Waals surface area contributed by atoms with Crippen molar-refractivity contribution in [2.45, 2.75) is 76.5 Å². The lowest BCUT2D eigenvalue weighted by Gasteiger charge is -2.27. The summed E-state index contributed by atoms with van der Waals surface area (Å²) in [6, 6.07) is 20.7. The highest BCUT2D eigenvalue weighted by Crippen LogP contribution is 2.12. The van der Waals surface area contributed by atoms with Crippen LogP contribution in [0.2, 0.25) is 0 Å². The van der Waals surface area contributed by atoms with E-state index in [2.05, 4.69) is 21.3 Å². The van der Waals surface area contributed by atoms with Gasteiger partial charge in [0.1, 0.15) is 18.1 Å². The smallest absolute Gasteiger partial charge is 0.423 e. The summed E-state index contributed by atoms with van der Waals surface area (Å²) in [4.78, 5) is 54.2. The van der Waals surface area contributed by atoms with Crippen LogP contribution < -0.4 is 38.2 Å². The molecule has 0 unspecified atom stereocenters. The predicted octanol–water partition coefficient (Wildman–Crippen LogP) is 0.747. The number of hydrogen-bond acceptors (Lipinski definition) is 8. The molecule has 0 heterocycles. The molecule has 0 aliphatic carbocycles. The fourth-order valence-corrected chi connectivity index (χ4v) is 5.28. The molecule has 3 aromatic rings. The zero-order valence-electron chi connectivity index (χ0n) is 28.2. The van der Waals surface area contributed by atoms with Crippen molar-refractivity contribution >= 4 is 41.9 Å². The van der Waals surface area contributed by atoms with Crippen molar-refractivity contribution < 1.29 is 29.2 Å². The van der Waals surface area contributed by atoms with E-state index in [1.807, 2.05) is 74.5 Å². The Labute approximate surface area is 288 Å². The van der Waals surface area contributed by atoms with Gasteiger partial charge in [-0.05, 0) is 73.3 Å². The van der Waals surface area contributed by atoms with E-state index in [9.17, 15) is 29.2 Å². The molecule has 0 bridgehead atoms. The second-order valence-corrected chi connectivity index (χ2v) is 12.6. The molecule has 262 valence electrons. The first kappa shape index (κ1) is 38.9. The van der Waals surface area contributed by atoms with Gasteiger partial charge in [-0.25, -0.2) is 0 Å². The van der Waals surface area contributed by atoms with Gasteiger partial charge in [-0.2, -0.15) is 0 Å². The molecule has 0 spiro atoms. The van der Waals surface area contributed by atoms with Crippen molar-refractivity contribution in [3.8, 4) is 0 Å². The highest BCUT2D eigenvalue weighted by Gasteiger charge is 2.31. The number of nitrogens with one attached hydrogen (secondary N) is 4. The Balaban J connectivity index is 1.77. The van der Waals surface area contributed by atoms with Crippen LogP contribution in [-0.2, 0) is 32.0 Å². The topological polar surface area (TPSA) is 209 Å². The van der Waals surface area contributed by atoms with Gasteiger partial charge in [0.25, 0.3) is 0 Å². The number of nitrogens with two attached hydrogens (primary N) is 2. The Morgan fingerprint density at radius 3 is 1.76 bits per heavy atom. The summed E-state index contributed by atoms with van der Waals surface area (Å²) in [6.07, 6.45) is 2.24. The molecule has 4 atom stereocenters. The van der Waals surface area contributed by atoms with Crippen LogP contribution in [0.5, 0.6) is 0 Å². The van der Waals surface area contributed by atoms with E-state index in [-0.39, 0.29) is 30.6 Å². The Kier molecular flexibility index (Phi) is 15.9. The highest BCUT2D eigenvalue weighted by molar-refractivity contribution is 6.58. The average Bonchev–Trinajstić information content (AvgIpc) is 3.08. The molecule has 10 N–H and O–H groups in total. The molecular weight excluding hydrogens is 623 g/mol. The molecule has 4 amide bonds. The minimum absolute atomic E-state index is 0.00224. The van der Waals surface area contributed by atoms with Crippen LogP contribution in [0.15, 0.2) is 84.9 Å². The number of hydrogen-bond donors (Lipinski definition) is 8. The zero-order valence-corrected chi connectivity index (χ0v) is 28.2. The van der Waals surface area contributed by atoms with Crippen LogP contribution in [0.4, 0.5) is 5.69 Å². The van der Waals surface area contributed by atoms with Gasteiger partial charge in [-0.3, -0.25) is 19.2 Å². The first-order valence-corrected chi connectivity index (χ1v) is 16.7. The van der Waals surface area contributed by atoms with E-state index < -0.39 is 54.9 Å². The molecule has 0 saturated carbocycles. The lowest BCUT2D eigenvalue weighted by molar-refractivity contribution is -0.133. The summed E-state index contributed by atoms with van der Waals surface area (Å²) >= 11 is 0. The Hall–Kier alpha value is -4.56. The summed E-state index contributed by atoms with van der Waals surface area (Å²) in [5.41, 5.74) is 14.3. The van der Waals surface area contributed by atoms with E-state index in [4.69, 9.17) is 11.5 Å². The third-order valence-electron chi connectivity index (χ3n) is 7.95. The van der Waals surface area contributed by atoms with Crippen LogP contribution in [0, 0.1) is 5.92 Å². The Morgan fingerprint density at radius 1 is 0.673 bits per heavy atom. The first-order chi connectivity index (χ1) is 23.5. The van der Waals surface area contributed by atoms with Crippen molar-refractivity contribution in [1.82, 2.24) is 16.0 Å². The van der Waals surface area contributed by atoms with E-state index in [0.29, 0.717) is 31.5 Å². The Morgan fingerprint density at radius 2 is 1.20 bits per heavy atom. The van der Waals surface area contributed by atoms with Gasteiger partial charge in [-0.1, -0.05) is 86.6 Å². The largest absolute Gasteiger partial charge is 0.488 e. The quantitative estimate of drug-likeness (QED) is 0.0672. The minimum Gasteiger partial charge on any atom is -0.423 e. The number of carbonyl (C=O) groups is 4. The second-order valence-electron chi connectivity index (χ2n) is 12.6. The summed E-state index contributed by atoms with van der Waals surface area (Å²) in [7, 11) is -1.65. The number of rotatable bonds is 19. The van der Waals surface area contributed by atoms with Gasteiger partial charge < -0.3 is 42.8 Å². The molecule has 0 aromatic heterocycles. The van der Waals surface area contributed by atoms with Gasteiger partial charge in [0.2, 0.25) is 23.6 Å². The molecule has 0 fully saturated rings. The number of carbonyl (C=O) groups excluding carboxylic acids is 4. The van der Waals surface area contributed by atoms with E-state index in [0.717, 1.165) is 11.1 Å². The maximum atomic E-state index is 13.8. The molecule has 49 heavy (non-hydrogen) atoms. The second kappa shape index (κ2) is 20.1. The standard InChI is InChI=1S/C36H49BN6O6/c1-24(2)21-31(35(46)41-30(15-9-10-20-38)34(45)40-28-18-16-27(17-19-28)37(48)49)43-36(47)32(23-26-13-7-4-8-14-26)42-33(44)29(39)22-25-11-5-3-6-12-25/h3-8,11-14,16-19,24,29-32,48-49H,9-10,15,20-23,38-39H2,1-2H3,(H,40,45)(H,41,46)(H,42,44)(H,43,47)/t29-,30-,31-,32-/m1/s1. The zero-order chi connectivity index (χ0) is 35.8. The van der Waals surface area contributed by atoms with Crippen molar-refractivity contribution in [3.05, 3.63) is 96.1 Å². The van der Waals surface area contributed by atoms with Crippen LogP contribution in [0.1, 0.15) is 50.7 Å². The monoisotopic (exact) mass is 672 g/mol. The van der Waals surface area contributed by atoms with Gasteiger partial charge in [-0.15, -0.1) is 0 Å². The summed E-state index contributed by atoms with van der Waals surface area (Å²) < 4.78 is 0. The van der Waals surface area contributed by atoms with Crippen molar-refractivity contribution in [1.29, 1.82) is 0 Å². The average molecular weight is 673 g/mol. The molecule has 0 aliphatic heterocycles. The molecule has 3 aromatic carbocycles. The van der Waals surface area contributed by atoms with E-state index in [1.54, 1.807) is 0 Å². The molecular formula is C36H49BN6O6. The maximum Gasteiger partial charge on any atom is 0.488 e. The lowest BCUT2D eigenvalue weighted by atomic mass is 9.80. The van der Waals surface area contributed by atoms with Gasteiger partial charge in [0.05, 0.1) is 6.04 Å². The fourth-order valence-electron chi connectivity index (χ4n) is 5.28. The number of amides is 4. The van der Waals surface area contributed by atoms with Crippen LogP contribution in [-0.4, -0.2) is 71.5 Å². The lowest BCUT2D eigenvalue weighted by Crippen LogP contribution is -2.58. The maximum absolute atomic E-state index is 13.8. The summed E-state index contributed by atoms with van der Waals surface area (Å²) in [6.45, 7) is 4.25. The first-order valence-electron chi connectivity index (χ1n) is 16.7. The fraction of sp³-hybridized carbons (Fsp3) is 0.389. The summed E-state index contributed by atoms with van der Waals surface area (Å²) in [5.74, 6) is -2.07. The molecule has 0 radical (unpaired) electrons. The van der Waals surface area contributed by atoms with Crippen LogP contribution >= 0.6 is 0 Å². The van der Waals surface area contributed by atoms with Gasteiger partial charge in [0.15, 0.2) is 0 Å². The minimum atomic E-state index is -1.65. The summed E-state index contributed by atoms with van der Waals surface area (Å²) in [5, 5.41) is 29.9. The third-order valence-corrected chi connectivity index (χ3v) is 7.95.